The fraction of sp³-hybridized carbons (Fsp3) is 0.300. The van der Waals surface area contributed by atoms with Crippen molar-refractivity contribution < 1.29 is 18.7 Å². The van der Waals surface area contributed by atoms with Crippen molar-refractivity contribution in [2.24, 2.45) is 5.92 Å². The summed E-state index contributed by atoms with van der Waals surface area (Å²) in [6.45, 7) is 0.245. The van der Waals surface area contributed by atoms with Gasteiger partial charge in [-0.05, 0) is 30.9 Å². The number of carbonyl (C=O) groups excluding carboxylic acids is 2. The molecule has 0 spiro atoms. The van der Waals surface area contributed by atoms with Crippen LogP contribution in [0.25, 0.3) is 11.0 Å². The van der Waals surface area contributed by atoms with Crippen molar-refractivity contribution >= 4 is 34.6 Å². The molecule has 1 aliphatic carbocycles. The lowest BCUT2D eigenvalue weighted by Crippen LogP contribution is -2.31. The van der Waals surface area contributed by atoms with Gasteiger partial charge >= 0.3 is 5.97 Å². The molecular weight excluding hydrogens is 378 g/mol. The van der Waals surface area contributed by atoms with E-state index in [0.29, 0.717) is 29.0 Å². The van der Waals surface area contributed by atoms with Crippen LogP contribution in [0.1, 0.15) is 29.0 Å². The summed E-state index contributed by atoms with van der Waals surface area (Å²) in [6.07, 6.45) is 5.54. The van der Waals surface area contributed by atoms with E-state index in [1.165, 1.54) is 11.8 Å². The van der Waals surface area contributed by atoms with Crippen molar-refractivity contribution in [3.8, 4) is 0 Å². The second-order valence-electron chi connectivity index (χ2n) is 6.54. The highest BCUT2D eigenvalue weighted by Crippen LogP contribution is 2.31. The number of hydrogen-bond acceptors (Lipinski definition) is 7. The number of furan rings is 1. The van der Waals surface area contributed by atoms with Crippen LogP contribution in [0.15, 0.2) is 52.3 Å². The zero-order valence-corrected chi connectivity index (χ0v) is 15.9. The molecule has 8 heteroatoms. The van der Waals surface area contributed by atoms with E-state index in [2.05, 4.69) is 15.3 Å². The van der Waals surface area contributed by atoms with Crippen molar-refractivity contribution in [3.63, 3.8) is 0 Å². The van der Waals surface area contributed by atoms with E-state index in [-0.39, 0.29) is 12.3 Å². The Morgan fingerprint density at radius 3 is 2.75 bits per heavy atom. The Kier molecular flexibility index (Phi) is 5.57. The molecule has 1 amide bonds. The number of nitrogens with one attached hydrogen (secondary N) is 1. The predicted molar refractivity (Wildman–Crippen MR) is 104 cm³/mol. The summed E-state index contributed by atoms with van der Waals surface area (Å²) in [5.74, 6) is 0.267. The maximum atomic E-state index is 12.6. The Labute approximate surface area is 165 Å². The summed E-state index contributed by atoms with van der Waals surface area (Å²) in [7, 11) is 0. The molecule has 0 aliphatic heterocycles. The molecular formula is C20H19N3O4S. The molecule has 0 bridgehead atoms. The van der Waals surface area contributed by atoms with E-state index in [0.717, 1.165) is 23.8 Å². The van der Waals surface area contributed by atoms with Gasteiger partial charge in [-0.15, -0.1) is 0 Å². The fourth-order valence-corrected chi connectivity index (χ4v) is 3.53. The van der Waals surface area contributed by atoms with Crippen LogP contribution in [0.2, 0.25) is 0 Å². The number of thioether (sulfide) groups is 1. The molecule has 0 atom stereocenters. The van der Waals surface area contributed by atoms with Crippen LogP contribution in [-0.4, -0.2) is 35.0 Å². The lowest BCUT2D eigenvalue weighted by molar-refractivity contribution is -0.142. The van der Waals surface area contributed by atoms with Crippen LogP contribution in [-0.2, 0) is 15.3 Å². The minimum absolute atomic E-state index is 0.184. The number of amides is 1. The van der Waals surface area contributed by atoms with Gasteiger partial charge in [-0.2, -0.15) is 0 Å². The zero-order chi connectivity index (χ0) is 19.3. The number of ether oxygens (including phenoxy) is 1. The van der Waals surface area contributed by atoms with E-state index in [9.17, 15) is 9.59 Å². The van der Waals surface area contributed by atoms with Crippen LogP contribution >= 0.6 is 11.8 Å². The number of fused-ring (bicyclic) bond motifs is 1. The number of para-hydroxylation sites is 1. The Morgan fingerprint density at radius 2 is 1.96 bits per heavy atom. The predicted octanol–water partition coefficient (Wildman–Crippen LogP) is 3.20. The van der Waals surface area contributed by atoms with Crippen molar-refractivity contribution in [1.82, 2.24) is 15.3 Å². The molecule has 2 aromatic heterocycles. The standard InChI is InChI=1S/C20H19N3O4S/c24-17(26-11-13-6-7-13)10-23-19(25)18-15(12-28-20-21-8-3-9-22-20)14-4-1-2-5-16(14)27-18/h1-5,8-9,13H,6-7,10-12H2,(H,23,25). The first-order valence-corrected chi connectivity index (χ1v) is 10.0. The van der Waals surface area contributed by atoms with Gasteiger partial charge in [-0.3, -0.25) is 9.59 Å². The molecule has 1 fully saturated rings. The summed E-state index contributed by atoms with van der Waals surface area (Å²) in [5.41, 5.74) is 1.37. The van der Waals surface area contributed by atoms with E-state index in [4.69, 9.17) is 9.15 Å². The number of aromatic nitrogens is 2. The zero-order valence-electron chi connectivity index (χ0n) is 15.1. The molecule has 0 saturated heterocycles. The summed E-state index contributed by atoms with van der Waals surface area (Å²) >= 11 is 1.41. The first kappa shape index (κ1) is 18.5. The van der Waals surface area contributed by atoms with Crippen molar-refractivity contribution in [3.05, 3.63) is 54.0 Å². The average molecular weight is 397 g/mol. The first-order chi connectivity index (χ1) is 13.7. The van der Waals surface area contributed by atoms with Crippen molar-refractivity contribution in [2.75, 3.05) is 13.2 Å². The fourth-order valence-electron chi connectivity index (χ4n) is 2.70. The van der Waals surface area contributed by atoms with Gasteiger partial charge in [-0.25, -0.2) is 9.97 Å². The lowest BCUT2D eigenvalue weighted by atomic mass is 10.1. The summed E-state index contributed by atoms with van der Waals surface area (Å²) in [6, 6.07) is 9.20. The molecule has 4 rings (SSSR count). The van der Waals surface area contributed by atoms with Crippen LogP contribution < -0.4 is 5.32 Å². The van der Waals surface area contributed by atoms with Crippen LogP contribution in [0.4, 0.5) is 0 Å². The summed E-state index contributed by atoms with van der Waals surface area (Å²) in [5, 5.41) is 4.06. The second kappa shape index (κ2) is 8.43. The maximum absolute atomic E-state index is 12.6. The second-order valence-corrected chi connectivity index (χ2v) is 7.48. The molecule has 1 saturated carbocycles. The smallest absolute Gasteiger partial charge is 0.325 e. The van der Waals surface area contributed by atoms with Gasteiger partial charge in [0, 0.05) is 29.1 Å². The van der Waals surface area contributed by atoms with Crippen LogP contribution in [0.5, 0.6) is 0 Å². The van der Waals surface area contributed by atoms with Crippen molar-refractivity contribution in [2.45, 2.75) is 23.8 Å². The molecule has 2 heterocycles. The van der Waals surface area contributed by atoms with Crippen LogP contribution in [0, 0.1) is 5.92 Å². The maximum Gasteiger partial charge on any atom is 0.325 e. The topological polar surface area (TPSA) is 94.3 Å². The highest BCUT2D eigenvalue weighted by molar-refractivity contribution is 7.98. The third-order valence-corrected chi connectivity index (χ3v) is 5.26. The van der Waals surface area contributed by atoms with Gasteiger partial charge in [0.2, 0.25) is 0 Å². The Morgan fingerprint density at radius 1 is 1.18 bits per heavy atom. The minimum Gasteiger partial charge on any atom is -0.464 e. The Bertz CT molecular complexity index is 986. The van der Waals surface area contributed by atoms with Gasteiger partial charge in [0.15, 0.2) is 10.9 Å². The first-order valence-electron chi connectivity index (χ1n) is 9.05. The molecule has 144 valence electrons. The normalized spacial score (nSPS) is 13.4. The molecule has 1 N–H and O–H groups in total. The quantitative estimate of drug-likeness (QED) is 0.354. The summed E-state index contributed by atoms with van der Waals surface area (Å²) in [4.78, 5) is 32.8. The van der Waals surface area contributed by atoms with Gasteiger partial charge in [0.05, 0.1) is 6.61 Å². The van der Waals surface area contributed by atoms with Crippen molar-refractivity contribution in [1.29, 1.82) is 0 Å². The SMILES string of the molecule is O=C(CNC(=O)c1oc2ccccc2c1CSc1ncccn1)OCC1CC1. The van der Waals surface area contributed by atoms with E-state index >= 15 is 0 Å². The molecule has 3 aromatic rings. The summed E-state index contributed by atoms with van der Waals surface area (Å²) < 4.78 is 10.9. The number of hydrogen-bond donors (Lipinski definition) is 1. The molecule has 1 aromatic carbocycles. The van der Waals surface area contributed by atoms with E-state index in [1.807, 2.05) is 24.3 Å². The van der Waals surface area contributed by atoms with E-state index in [1.54, 1.807) is 18.5 Å². The van der Waals surface area contributed by atoms with Gasteiger partial charge in [0.25, 0.3) is 5.91 Å². The van der Waals surface area contributed by atoms with E-state index < -0.39 is 11.9 Å². The number of benzene rings is 1. The third-order valence-electron chi connectivity index (χ3n) is 4.36. The molecule has 7 nitrogen and oxygen atoms in total. The highest BCUT2D eigenvalue weighted by Gasteiger charge is 2.24. The highest BCUT2D eigenvalue weighted by atomic mass is 32.2. The third kappa shape index (κ3) is 4.51. The number of nitrogens with zero attached hydrogens (tertiary/aromatic N) is 2. The largest absolute Gasteiger partial charge is 0.464 e. The number of carbonyl (C=O) groups is 2. The average Bonchev–Trinajstić information content (AvgIpc) is 3.49. The monoisotopic (exact) mass is 397 g/mol. The Hall–Kier alpha value is -2.87. The molecule has 0 unspecified atom stereocenters. The Balaban J connectivity index is 1.46. The number of rotatable bonds is 8. The van der Waals surface area contributed by atoms with Gasteiger partial charge < -0.3 is 14.5 Å². The molecule has 28 heavy (non-hydrogen) atoms. The molecule has 0 radical (unpaired) electrons. The number of esters is 1. The minimum atomic E-state index is -0.441. The lowest BCUT2D eigenvalue weighted by Gasteiger charge is -2.06. The van der Waals surface area contributed by atoms with Gasteiger partial charge in [-0.1, -0.05) is 30.0 Å². The van der Waals surface area contributed by atoms with Crippen LogP contribution in [0.3, 0.4) is 0 Å². The van der Waals surface area contributed by atoms with Gasteiger partial charge in [0.1, 0.15) is 12.1 Å². The molecule has 1 aliphatic rings.